The van der Waals surface area contributed by atoms with Crippen LogP contribution >= 0.6 is 0 Å². The van der Waals surface area contributed by atoms with E-state index >= 15 is 0 Å². The summed E-state index contributed by atoms with van der Waals surface area (Å²) in [5.41, 5.74) is 3.67. The summed E-state index contributed by atoms with van der Waals surface area (Å²) >= 11 is 0. The average molecular weight is 378 g/mol. The minimum Gasteiger partial charge on any atom is -0.493 e. The van der Waals surface area contributed by atoms with Gasteiger partial charge in [0.2, 0.25) is 5.95 Å². The van der Waals surface area contributed by atoms with Gasteiger partial charge in [-0.05, 0) is 48.2 Å². The van der Waals surface area contributed by atoms with Crippen LogP contribution in [-0.2, 0) is 13.0 Å². The molecular weight excluding hydrogens is 352 g/mol. The highest BCUT2D eigenvalue weighted by Gasteiger charge is 2.05. The highest BCUT2D eigenvalue weighted by molar-refractivity contribution is 5.44. The van der Waals surface area contributed by atoms with Crippen LogP contribution in [-0.4, -0.2) is 30.7 Å². The summed E-state index contributed by atoms with van der Waals surface area (Å²) in [6.45, 7) is 3.56. The van der Waals surface area contributed by atoms with E-state index in [1.54, 1.807) is 20.4 Å². The first-order valence-corrected chi connectivity index (χ1v) is 9.26. The van der Waals surface area contributed by atoms with Gasteiger partial charge in [-0.3, -0.25) is 0 Å². The lowest BCUT2D eigenvalue weighted by Crippen LogP contribution is -2.10. The number of aromatic nitrogens is 2. The molecule has 0 amide bonds. The molecule has 1 aromatic heterocycles. The molecule has 3 aromatic rings. The van der Waals surface area contributed by atoms with Gasteiger partial charge < -0.3 is 20.1 Å². The fourth-order valence-corrected chi connectivity index (χ4v) is 2.89. The maximum atomic E-state index is 5.35. The summed E-state index contributed by atoms with van der Waals surface area (Å²) in [6, 6.07) is 16.1. The van der Waals surface area contributed by atoms with Crippen LogP contribution in [0.15, 0.2) is 54.7 Å². The zero-order valence-electron chi connectivity index (χ0n) is 16.5. The monoisotopic (exact) mass is 378 g/mol. The van der Waals surface area contributed by atoms with Crippen LogP contribution in [0.4, 0.5) is 11.8 Å². The number of aryl methyl sites for hydroxylation is 1. The lowest BCUT2D eigenvalue weighted by Gasteiger charge is -2.11. The maximum absolute atomic E-state index is 5.35. The van der Waals surface area contributed by atoms with Crippen molar-refractivity contribution in [3.05, 3.63) is 71.4 Å². The lowest BCUT2D eigenvalue weighted by molar-refractivity contribution is 0.354. The van der Waals surface area contributed by atoms with Gasteiger partial charge in [-0.1, -0.05) is 30.3 Å². The minimum absolute atomic E-state index is 0.607. The van der Waals surface area contributed by atoms with Crippen LogP contribution < -0.4 is 20.1 Å². The minimum atomic E-state index is 0.607. The van der Waals surface area contributed by atoms with Crippen molar-refractivity contribution in [2.24, 2.45) is 0 Å². The first-order chi connectivity index (χ1) is 13.7. The molecule has 28 heavy (non-hydrogen) atoms. The molecule has 0 bridgehead atoms. The Morgan fingerprint density at radius 1 is 0.929 bits per heavy atom. The van der Waals surface area contributed by atoms with E-state index in [0.717, 1.165) is 42.4 Å². The van der Waals surface area contributed by atoms with E-state index in [-0.39, 0.29) is 0 Å². The van der Waals surface area contributed by atoms with E-state index in [1.165, 1.54) is 11.1 Å². The predicted molar refractivity (Wildman–Crippen MR) is 112 cm³/mol. The van der Waals surface area contributed by atoms with Crippen molar-refractivity contribution < 1.29 is 9.47 Å². The van der Waals surface area contributed by atoms with E-state index in [2.05, 4.69) is 39.7 Å². The average Bonchev–Trinajstić information content (AvgIpc) is 2.73. The summed E-state index contributed by atoms with van der Waals surface area (Å²) in [7, 11) is 3.28. The lowest BCUT2D eigenvalue weighted by atomic mass is 10.1. The molecular formula is C22H26N4O2. The fraction of sp³-hybridized carbons (Fsp3) is 0.273. The van der Waals surface area contributed by atoms with Crippen molar-refractivity contribution >= 4 is 11.8 Å². The summed E-state index contributed by atoms with van der Waals surface area (Å²) < 4.78 is 10.6. The van der Waals surface area contributed by atoms with Crippen LogP contribution in [0.3, 0.4) is 0 Å². The molecule has 6 nitrogen and oxygen atoms in total. The second kappa shape index (κ2) is 9.60. The first kappa shape index (κ1) is 19.5. The van der Waals surface area contributed by atoms with Gasteiger partial charge in [0, 0.05) is 19.3 Å². The number of methoxy groups -OCH3 is 2. The Morgan fingerprint density at radius 3 is 2.54 bits per heavy atom. The zero-order chi connectivity index (χ0) is 19.8. The molecule has 0 saturated carbocycles. The second-order valence-electron chi connectivity index (χ2n) is 6.41. The van der Waals surface area contributed by atoms with Gasteiger partial charge in [0.25, 0.3) is 0 Å². The third kappa shape index (κ3) is 5.13. The number of anilines is 2. The molecule has 0 radical (unpaired) electrons. The smallest absolute Gasteiger partial charge is 0.224 e. The summed E-state index contributed by atoms with van der Waals surface area (Å²) in [6.07, 6.45) is 2.58. The Bertz CT molecular complexity index is 915. The predicted octanol–water partition coefficient (Wildman–Crippen LogP) is 4.07. The van der Waals surface area contributed by atoms with Gasteiger partial charge in [0.1, 0.15) is 5.82 Å². The van der Waals surface area contributed by atoms with Crippen molar-refractivity contribution in [3.8, 4) is 11.5 Å². The standard InChI is InChI=1S/C22H26N4O2/c1-16-6-4-5-7-18(16)15-25-21-11-13-24-22(26-21)23-12-10-17-8-9-19(27-2)20(14-17)28-3/h4-9,11,13-14H,10,12,15H2,1-3H3,(H2,23,24,25,26). The van der Waals surface area contributed by atoms with Crippen LogP contribution in [0.5, 0.6) is 11.5 Å². The molecule has 0 atom stereocenters. The van der Waals surface area contributed by atoms with Crippen LogP contribution in [0.2, 0.25) is 0 Å². The molecule has 0 aliphatic carbocycles. The molecule has 146 valence electrons. The highest BCUT2D eigenvalue weighted by Crippen LogP contribution is 2.27. The molecule has 0 unspecified atom stereocenters. The molecule has 1 heterocycles. The molecule has 0 aliphatic heterocycles. The molecule has 0 fully saturated rings. The number of hydrogen-bond donors (Lipinski definition) is 2. The van der Waals surface area contributed by atoms with Crippen molar-refractivity contribution in [2.75, 3.05) is 31.4 Å². The fourth-order valence-electron chi connectivity index (χ4n) is 2.89. The summed E-state index contributed by atoms with van der Waals surface area (Å²) in [4.78, 5) is 8.83. The summed E-state index contributed by atoms with van der Waals surface area (Å²) in [5, 5.41) is 6.63. The Kier molecular flexibility index (Phi) is 6.68. The molecule has 2 aromatic carbocycles. The largest absolute Gasteiger partial charge is 0.493 e. The van der Waals surface area contributed by atoms with E-state index in [0.29, 0.717) is 5.95 Å². The number of nitrogens with one attached hydrogen (secondary N) is 2. The van der Waals surface area contributed by atoms with Gasteiger partial charge in [-0.25, -0.2) is 4.98 Å². The normalized spacial score (nSPS) is 10.4. The number of hydrogen-bond acceptors (Lipinski definition) is 6. The Hall–Kier alpha value is -3.28. The van der Waals surface area contributed by atoms with Crippen molar-refractivity contribution in [1.29, 1.82) is 0 Å². The quantitative estimate of drug-likeness (QED) is 0.585. The Labute approximate surface area is 166 Å². The van der Waals surface area contributed by atoms with Crippen LogP contribution in [0, 0.1) is 6.92 Å². The Balaban J connectivity index is 1.54. The molecule has 0 aliphatic rings. The zero-order valence-corrected chi connectivity index (χ0v) is 16.5. The molecule has 0 saturated heterocycles. The van der Waals surface area contributed by atoms with E-state index in [4.69, 9.17) is 9.47 Å². The van der Waals surface area contributed by atoms with Gasteiger partial charge in [-0.2, -0.15) is 4.98 Å². The van der Waals surface area contributed by atoms with Gasteiger partial charge in [0.15, 0.2) is 11.5 Å². The number of benzene rings is 2. The number of rotatable bonds is 9. The third-order valence-corrected chi connectivity index (χ3v) is 4.52. The van der Waals surface area contributed by atoms with Gasteiger partial charge in [0.05, 0.1) is 14.2 Å². The molecule has 2 N–H and O–H groups in total. The van der Waals surface area contributed by atoms with E-state index in [9.17, 15) is 0 Å². The maximum Gasteiger partial charge on any atom is 0.224 e. The van der Waals surface area contributed by atoms with Crippen LogP contribution in [0.25, 0.3) is 0 Å². The Morgan fingerprint density at radius 2 is 1.75 bits per heavy atom. The first-order valence-electron chi connectivity index (χ1n) is 9.26. The van der Waals surface area contributed by atoms with E-state index < -0.39 is 0 Å². The summed E-state index contributed by atoms with van der Waals surface area (Å²) in [5.74, 6) is 2.87. The SMILES string of the molecule is COc1ccc(CCNc2nccc(NCc3ccccc3C)n2)cc1OC. The van der Waals surface area contributed by atoms with Gasteiger partial charge >= 0.3 is 0 Å². The topological polar surface area (TPSA) is 68.3 Å². The number of nitrogens with zero attached hydrogens (tertiary/aromatic N) is 2. The van der Waals surface area contributed by atoms with E-state index in [1.807, 2.05) is 36.4 Å². The van der Waals surface area contributed by atoms with Crippen LogP contribution in [0.1, 0.15) is 16.7 Å². The van der Waals surface area contributed by atoms with Crippen molar-refractivity contribution in [1.82, 2.24) is 9.97 Å². The van der Waals surface area contributed by atoms with Crippen molar-refractivity contribution in [3.63, 3.8) is 0 Å². The number of ether oxygens (including phenoxy) is 2. The molecule has 3 rings (SSSR count). The molecule has 0 spiro atoms. The third-order valence-electron chi connectivity index (χ3n) is 4.52. The molecule has 6 heteroatoms. The van der Waals surface area contributed by atoms with Gasteiger partial charge in [-0.15, -0.1) is 0 Å². The highest BCUT2D eigenvalue weighted by atomic mass is 16.5. The second-order valence-corrected chi connectivity index (χ2v) is 6.41. The van der Waals surface area contributed by atoms with Crippen molar-refractivity contribution in [2.45, 2.75) is 19.9 Å².